The van der Waals surface area contributed by atoms with E-state index >= 15 is 0 Å². The van der Waals surface area contributed by atoms with Crippen molar-refractivity contribution < 1.29 is 24.0 Å². The number of nitrogens with zero attached hydrogens (tertiary/aromatic N) is 1. The first-order valence-electron chi connectivity index (χ1n) is 8.40. The van der Waals surface area contributed by atoms with Crippen molar-refractivity contribution in [2.75, 3.05) is 39.5 Å². The molecule has 7 nitrogen and oxygen atoms in total. The van der Waals surface area contributed by atoms with Crippen molar-refractivity contribution in [3.8, 4) is 5.75 Å². The zero-order valence-electron chi connectivity index (χ0n) is 14.6. The molecule has 1 saturated heterocycles. The number of nitrogens with one attached hydrogen (secondary N) is 1. The molecule has 2 rings (SSSR count). The topological polar surface area (TPSA) is 75.3 Å². The van der Waals surface area contributed by atoms with Gasteiger partial charge in [0, 0.05) is 6.07 Å². The number of hydrogen-bond donors (Lipinski definition) is 1. The zero-order chi connectivity index (χ0) is 17.5. The summed E-state index contributed by atoms with van der Waals surface area (Å²) < 4.78 is 16.8. The van der Waals surface area contributed by atoms with Crippen LogP contribution in [0.4, 0.5) is 5.69 Å². The Hall–Kier alpha value is -1.70. The molecule has 0 spiro atoms. The molecule has 0 amide bonds. The van der Waals surface area contributed by atoms with Gasteiger partial charge in [-0.2, -0.15) is 0 Å². The standard InChI is InChI=1S/C17H26N2O5/c1-13-4-5-16(19(20)21)17(10-13)23-9-8-22-7-6-18-11-14(2)24-15(3)12-18/h4-5,10,14-15H,6-9,11-12H2,1-3H3/p+1/t14-,15-/m1/s1. The minimum Gasteiger partial charge on any atom is -0.484 e. The quantitative estimate of drug-likeness (QED) is 0.434. The van der Waals surface area contributed by atoms with Crippen LogP contribution in [0.25, 0.3) is 0 Å². The van der Waals surface area contributed by atoms with E-state index in [0.717, 1.165) is 25.2 Å². The molecule has 0 saturated carbocycles. The van der Waals surface area contributed by atoms with E-state index in [1.807, 2.05) is 6.92 Å². The predicted molar refractivity (Wildman–Crippen MR) is 89.7 cm³/mol. The molecular formula is C17H27N2O5+. The number of hydrogen-bond acceptors (Lipinski definition) is 5. The highest BCUT2D eigenvalue weighted by molar-refractivity contribution is 5.48. The van der Waals surface area contributed by atoms with Crippen molar-refractivity contribution in [2.24, 2.45) is 0 Å². The lowest BCUT2D eigenvalue weighted by Gasteiger charge is -2.32. The summed E-state index contributed by atoms with van der Waals surface area (Å²) in [7, 11) is 0. The van der Waals surface area contributed by atoms with Crippen molar-refractivity contribution in [2.45, 2.75) is 33.0 Å². The van der Waals surface area contributed by atoms with Crippen LogP contribution in [0.15, 0.2) is 18.2 Å². The smallest absolute Gasteiger partial charge is 0.310 e. The molecule has 0 aliphatic carbocycles. The minimum atomic E-state index is -0.431. The average molecular weight is 339 g/mol. The fourth-order valence-electron chi connectivity index (χ4n) is 3.01. The molecule has 1 fully saturated rings. The van der Waals surface area contributed by atoms with Crippen molar-refractivity contribution in [1.29, 1.82) is 0 Å². The van der Waals surface area contributed by atoms with Crippen LogP contribution in [0, 0.1) is 17.0 Å². The van der Waals surface area contributed by atoms with Gasteiger partial charge >= 0.3 is 5.69 Å². The molecule has 1 N–H and O–H groups in total. The Balaban J connectivity index is 1.67. The Kier molecular flexibility index (Phi) is 6.96. The molecule has 0 bridgehead atoms. The zero-order valence-corrected chi connectivity index (χ0v) is 14.6. The van der Waals surface area contributed by atoms with Gasteiger partial charge in [-0.15, -0.1) is 0 Å². The molecule has 7 heteroatoms. The maximum atomic E-state index is 11.0. The number of aryl methyl sites for hydroxylation is 1. The molecule has 1 heterocycles. The van der Waals surface area contributed by atoms with Gasteiger partial charge in [-0.05, 0) is 32.4 Å². The van der Waals surface area contributed by atoms with Gasteiger partial charge in [-0.3, -0.25) is 10.1 Å². The molecule has 2 atom stereocenters. The van der Waals surface area contributed by atoms with E-state index in [1.165, 1.54) is 11.0 Å². The van der Waals surface area contributed by atoms with E-state index in [-0.39, 0.29) is 17.9 Å². The number of nitro groups is 1. The first kappa shape index (κ1) is 18.6. The summed E-state index contributed by atoms with van der Waals surface area (Å²) in [6.07, 6.45) is 0.572. The third kappa shape index (κ3) is 5.74. The number of nitro benzene ring substituents is 1. The molecule has 0 radical (unpaired) electrons. The number of quaternary nitrogens is 1. The van der Waals surface area contributed by atoms with E-state index in [9.17, 15) is 10.1 Å². The second-order valence-corrected chi connectivity index (χ2v) is 6.35. The summed E-state index contributed by atoms with van der Waals surface area (Å²) in [6.45, 7) is 10.4. The van der Waals surface area contributed by atoms with Crippen molar-refractivity contribution >= 4 is 5.69 Å². The van der Waals surface area contributed by atoms with Gasteiger partial charge in [-0.25, -0.2) is 0 Å². The highest BCUT2D eigenvalue weighted by Crippen LogP contribution is 2.27. The molecule has 1 aliphatic heterocycles. The predicted octanol–water partition coefficient (Wildman–Crippen LogP) is 0.991. The first-order valence-corrected chi connectivity index (χ1v) is 8.40. The Bertz CT molecular complexity index is 542. The number of rotatable bonds is 8. The lowest BCUT2D eigenvalue weighted by Crippen LogP contribution is -3.15. The third-order valence-corrected chi connectivity index (χ3v) is 4.01. The number of morpholine rings is 1. The van der Waals surface area contributed by atoms with Crippen LogP contribution in [0.5, 0.6) is 5.75 Å². The maximum absolute atomic E-state index is 11.0. The molecule has 0 unspecified atom stereocenters. The highest BCUT2D eigenvalue weighted by atomic mass is 16.6. The van der Waals surface area contributed by atoms with Crippen molar-refractivity contribution in [3.05, 3.63) is 33.9 Å². The van der Waals surface area contributed by atoms with Crippen LogP contribution in [0.1, 0.15) is 19.4 Å². The van der Waals surface area contributed by atoms with E-state index in [0.29, 0.717) is 25.6 Å². The van der Waals surface area contributed by atoms with Gasteiger partial charge in [0.15, 0.2) is 5.75 Å². The van der Waals surface area contributed by atoms with Crippen molar-refractivity contribution in [1.82, 2.24) is 0 Å². The minimum absolute atomic E-state index is 0.0127. The SMILES string of the molecule is Cc1ccc([N+](=O)[O-])c(OCCOCC[NH+]2C[C@@H](C)O[C@H](C)C2)c1. The Morgan fingerprint density at radius 2 is 1.96 bits per heavy atom. The lowest BCUT2D eigenvalue weighted by atomic mass is 10.2. The van der Waals surface area contributed by atoms with Crippen LogP contribution >= 0.6 is 0 Å². The number of ether oxygens (including phenoxy) is 3. The summed E-state index contributed by atoms with van der Waals surface area (Å²) in [6, 6.07) is 4.85. The molecule has 1 aliphatic rings. The summed E-state index contributed by atoms with van der Waals surface area (Å²) in [5.74, 6) is 0.296. The lowest BCUT2D eigenvalue weighted by molar-refractivity contribution is -0.915. The normalized spacial score (nSPS) is 23.9. The summed E-state index contributed by atoms with van der Waals surface area (Å²) >= 11 is 0. The van der Waals surface area contributed by atoms with Gasteiger partial charge in [-0.1, -0.05) is 6.07 Å². The molecule has 1 aromatic rings. The van der Waals surface area contributed by atoms with Gasteiger partial charge < -0.3 is 19.1 Å². The molecular weight excluding hydrogens is 312 g/mol. The summed E-state index contributed by atoms with van der Waals surface area (Å²) in [5.41, 5.74) is 0.914. The van der Waals surface area contributed by atoms with Gasteiger partial charge in [0.1, 0.15) is 38.4 Å². The Morgan fingerprint density at radius 3 is 2.62 bits per heavy atom. The van der Waals surface area contributed by atoms with Crippen LogP contribution in [-0.2, 0) is 9.47 Å². The molecule has 134 valence electrons. The Labute approximate surface area is 142 Å². The highest BCUT2D eigenvalue weighted by Gasteiger charge is 2.25. The van der Waals surface area contributed by atoms with Gasteiger partial charge in [0.2, 0.25) is 0 Å². The van der Waals surface area contributed by atoms with Gasteiger partial charge in [0.25, 0.3) is 0 Å². The monoisotopic (exact) mass is 339 g/mol. The third-order valence-electron chi connectivity index (χ3n) is 4.01. The molecule has 0 aromatic heterocycles. The fraction of sp³-hybridized carbons (Fsp3) is 0.647. The van der Waals surface area contributed by atoms with E-state index in [1.54, 1.807) is 12.1 Å². The van der Waals surface area contributed by atoms with Gasteiger partial charge in [0.05, 0.1) is 18.1 Å². The van der Waals surface area contributed by atoms with Crippen LogP contribution in [0.3, 0.4) is 0 Å². The molecule has 24 heavy (non-hydrogen) atoms. The number of benzene rings is 1. The average Bonchev–Trinajstić information content (AvgIpc) is 2.49. The van der Waals surface area contributed by atoms with E-state index in [2.05, 4.69) is 13.8 Å². The van der Waals surface area contributed by atoms with Crippen LogP contribution in [0.2, 0.25) is 0 Å². The summed E-state index contributed by atoms with van der Waals surface area (Å²) in [4.78, 5) is 12.0. The van der Waals surface area contributed by atoms with Crippen LogP contribution < -0.4 is 9.64 Å². The van der Waals surface area contributed by atoms with Crippen molar-refractivity contribution in [3.63, 3.8) is 0 Å². The fourth-order valence-corrected chi connectivity index (χ4v) is 3.01. The summed E-state index contributed by atoms with van der Waals surface area (Å²) in [5, 5.41) is 11.0. The molecule has 1 aromatic carbocycles. The second-order valence-electron chi connectivity index (χ2n) is 6.35. The Morgan fingerprint density at radius 1 is 1.25 bits per heavy atom. The maximum Gasteiger partial charge on any atom is 0.310 e. The van der Waals surface area contributed by atoms with Crippen LogP contribution in [-0.4, -0.2) is 56.6 Å². The second kappa shape index (κ2) is 8.96. The van der Waals surface area contributed by atoms with E-state index in [4.69, 9.17) is 14.2 Å². The largest absolute Gasteiger partial charge is 0.484 e. The first-order chi connectivity index (χ1) is 11.5. The van der Waals surface area contributed by atoms with E-state index < -0.39 is 4.92 Å².